The van der Waals surface area contributed by atoms with E-state index in [0.29, 0.717) is 10.8 Å². The zero-order chi connectivity index (χ0) is 14.4. The first-order valence-electron chi connectivity index (χ1n) is 5.86. The molecule has 104 valence electrons. The standard InChI is InChI=1S/C14H12ClNO4/c15-10-3-5-11(6-4-10)19-8-9-20-12-2-1-7-16-13(12)14(17)18/h1-7H,8-9H2,(H,17,18). The fourth-order valence-corrected chi connectivity index (χ4v) is 1.64. The zero-order valence-corrected chi connectivity index (χ0v) is 11.2. The smallest absolute Gasteiger partial charge is 0.358 e. The first-order chi connectivity index (χ1) is 9.66. The van der Waals surface area contributed by atoms with Crippen molar-refractivity contribution in [2.75, 3.05) is 13.2 Å². The van der Waals surface area contributed by atoms with Crippen molar-refractivity contribution in [3.05, 3.63) is 53.3 Å². The van der Waals surface area contributed by atoms with Crippen molar-refractivity contribution in [1.29, 1.82) is 0 Å². The van der Waals surface area contributed by atoms with Gasteiger partial charge in [-0.3, -0.25) is 0 Å². The van der Waals surface area contributed by atoms with Gasteiger partial charge in [-0.2, -0.15) is 0 Å². The predicted octanol–water partition coefficient (Wildman–Crippen LogP) is 2.89. The van der Waals surface area contributed by atoms with Gasteiger partial charge in [0.25, 0.3) is 0 Å². The second kappa shape index (κ2) is 6.77. The molecule has 5 nitrogen and oxygen atoms in total. The van der Waals surface area contributed by atoms with E-state index >= 15 is 0 Å². The van der Waals surface area contributed by atoms with E-state index in [0.717, 1.165) is 0 Å². The van der Waals surface area contributed by atoms with E-state index in [-0.39, 0.29) is 24.7 Å². The van der Waals surface area contributed by atoms with Crippen molar-refractivity contribution in [2.24, 2.45) is 0 Å². The number of benzene rings is 1. The fourth-order valence-electron chi connectivity index (χ4n) is 1.51. The third kappa shape index (κ3) is 3.86. The summed E-state index contributed by atoms with van der Waals surface area (Å²) in [4.78, 5) is 14.7. The van der Waals surface area contributed by atoms with Gasteiger partial charge < -0.3 is 14.6 Å². The largest absolute Gasteiger partial charge is 0.490 e. The van der Waals surface area contributed by atoms with Crippen LogP contribution in [0.5, 0.6) is 11.5 Å². The topological polar surface area (TPSA) is 68.7 Å². The van der Waals surface area contributed by atoms with Gasteiger partial charge in [0.2, 0.25) is 0 Å². The first-order valence-corrected chi connectivity index (χ1v) is 6.24. The van der Waals surface area contributed by atoms with Gasteiger partial charge in [0.15, 0.2) is 11.4 Å². The van der Waals surface area contributed by atoms with Gasteiger partial charge >= 0.3 is 5.97 Å². The molecule has 0 saturated carbocycles. The van der Waals surface area contributed by atoms with Crippen LogP contribution in [0, 0.1) is 0 Å². The number of hydrogen-bond acceptors (Lipinski definition) is 4. The van der Waals surface area contributed by atoms with Crippen LogP contribution in [-0.4, -0.2) is 29.3 Å². The Hall–Kier alpha value is -2.27. The maximum atomic E-state index is 10.9. The number of pyridine rings is 1. The van der Waals surface area contributed by atoms with Crippen LogP contribution in [0.15, 0.2) is 42.6 Å². The van der Waals surface area contributed by atoms with Crippen molar-refractivity contribution < 1.29 is 19.4 Å². The Morgan fingerprint density at radius 3 is 2.55 bits per heavy atom. The summed E-state index contributed by atoms with van der Waals surface area (Å²) in [6.45, 7) is 0.504. The molecule has 0 unspecified atom stereocenters. The van der Waals surface area contributed by atoms with Crippen LogP contribution in [0.2, 0.25) is 5.02 Å². The maximum absolute atomic E-state index is 10.9. The SMILES string of the molecule is O=C(O)c1ncccc1OCCOc1ccc(Cl)cc1. The highest BCUT2D eigenvalue weighted by molar-refractivity contribution is 6.30. The minimum atomic E-state index is -1.13. The molecule has 0 aliphatic heterocycles. The van der Waals surface area contributed by atoms with Crippen molar-refractivity contribution in [2.45, 2.75) is 0 Å². The number of aromatic nitrogens is 1. The van der Waals surface area contributed by atoms with Gasteiger partial charge in [-0.15, -0.1) is 0 Å². The highest BCUT2D eigenvalue weighted by Gasteiger charge is 2.11. The van der Waals surface area contributed by atoms with E-state index < -0.39 is 5.97 Å². The molecular weight excluding hydrogens is 282 g/mol. The molecule has 0 aliphatic carbocycles. The number of carboxylic acid groups (broad SMARTS) is 1. The predicted molar refractivity (Wildman–Crippen MR) is 73.6 cm³/mol. The molecule has 20 heavy (non-hydrogen) atoms. The second-order valence-corrected chi connectivity index (χ2v) is 4.24. The Morgan fingerprint density at radius 2 is 1.85 bits per heavy atom. The van der Waals surface area contributed by atoms with Crippen LogP contribution in [0.1, 0.15) is 10.5 Å². The molecule has 6 heteroatoms. The zero-order valence-electron chi connectivity index (χ0n) is 10.5. The van der Waals surface area contributed by atoms with Crippen LogP contribution >= 0.6 is 11.6 Å². The lowest BCUT2D eigenvalue weighted by Crippen LogP contribution is -2.12. The summed E-state index contributed by atoms with van der Waals surface area (Å²) in [6.07, 6.45) is 1.40. The van der Waals surface area contributed by atoms with E-state index in [9.17, 15) is 4.79 Å². The molecule has 1 aromatic carbocycles. The molecule has 0 bridgehead atoms. The van der Waals surface area contributed by atoms with Crippen LogP contribution in [0.4, 0.5) is 0 Å². The lowest BCUT2D eigenvalue weighted by Gasteiger charge is -2.09. The lowest BCUT2D eigenvalue weighted by molar-refractivity contribution is 0.0684. The summed E-state index contributed by atoms with van der Waals surface area (Å²) in [7, 11) is 0. The van der Waals surface area contributed by atoms with E-state index in [1.165, 1.54) is 6.20 Å². The molecule has 0 spiro atoms. The maximum Gasteiger partial charge on any atom is 0.358 e. The van der Waals surface area contributed by atoms with Crippen molar-refractivity contribution in [1.82, 2.24) is 4.98 Å². The Balaban J connectivity index is 1.84. The molecular formula is C14H12ClNO4. The van der Waals surface area contributed by atoms with Gasteiger partial charge in [0, 0.05) is 11.2 Å². The molecule has 1 aromatic heterocycles. The Bertz CT molecular complexity index is 586. The van der Waals surface area contributed by atoms with E-state index in [1.54, 1.807) is 36.4 Å². The molecule has 0 fully saturated rings. The minimum Gasteiger partial charge on any atom is -0.490 e. The molecule has 0 aliphatic rings. The number of aromatic carboxylic acids is 1. The van der Waals surface area contributed by atoms with Crippen molar-refractivity contribution >= 4 is 17.6 Å². The molecule has 0 saturated heterocycles. The Kier molecular flexibility index (Phi) is 4.79. The summed E-state index contributed by atoms with van der Waals surface area (Å²) < 4.78 is 10.8. The van der Waals surface area contributed by atoms with Gasteiger partial charge in [-0.25, -0.2) is 9.78 Å². The highest BCUT2D eigenvalue weighted by atomic mass is 35.5. The van der Waals surface area contributed by atoms with Crippen molar-refractivity contribution in [3.8, 4) is 11.5 Å². The van der Waals surface area contributed by atoms with Gasteiger partial charge in [0.05, 0.1) is 0 Å². The fraction of sp³-hybridized carbons (Fsp3) is 0.143. The van der Waals surface area contributed by atoms with Crippen LogP contribution in [0.25, 0.3) is 0 Å². The lowest BCUT2D eigenvalue weighted by atomic mass is 10.3. The molecule has 1 heterocycles. The Morgan fingerprint density at radius 1 is 1.15 bits per heavy atom. The molecule has 2 aromatic rings. The van der Waals surface area contributed by atoms with Gasteiger partial charge in [-0.1, -0.05) is 11.6 Å². The van der Waals surface area contributed by atoms with Crippen LogP contribution in [-0.2, 0) is 0 Å². The summed E-state index contributed by atoms with van der Waals surface area (Å²) >= 11 is 5.76. The molecule has 0 radical (unpaired) electrons. The average molecular weight is 294 g/mol. The number of halogens is 1. The summed E-state index contributed by atoms with van der Waals surface area (Å²) in [6, 6.07) is 10.1. The van der Waals surface area contributed by atoms with E-state index in [2.05, 4.69) is 4.98 Å². The molecule has 0 atom stereocenters. The number of nitrogens with zero attached hydrogens (tertiary/aromatic N) is 1. The van der Waals surface area contributed by atoms with E-state index in [4.69, 9.17) is 26.2 Å². The summed E-state index contributed by atoms with van der Waals surface area (Å²) in [5, 5.41) is 9.57. The number of carboxylic acids is 1. The van der Waals surface area contributed by atoms with Gasteiger partial charge in [-0.05, 0) is 36.4 Å². The van der Waals surface area contributed by atoms with E-state index in [1.807, 2.05) is 0 Å². The normalized spacial score (nSPS) is 10.1. The third-order valence-electron chi connectivity index (χ3n) is 2.40. The number of ether oxygens (including phenoxy) is 2. The quantitative estimate of drug-likeness (QED) is 0.829. The Labute approximate surface area is 120 Å². The minimum absolute atomic E-state index is 0.112. The first kappa shape index (κ1) is 14.1. The highest BCUT2D eigenvalue weighted by Crippen LogP contribution is 2.17. The molecule has 0 amide bonds. The van der Waals surface area contributed by atoms with Crippen molar-refractivity contribution in [3.63, 3.8) is 0 Å². The number of carbonyl (C=O) groups is 1. The second-order valence-electron chi connectivity index (χ2n) is 3.81. The number of hydrogen-bond donors (Lipinski definition) is 1. The average Bonchev–Trinajstić information content (AvgIpc) is 2.46. The summed E-state index contributed by atoms with van der Waals surface area (Å²) in [5.74, 6) is -0.235. The van der Waals surface area contributed by atoms with Crippen LogP contribution in [0.3, 0.4) is 0 Å². The van der Waals surface area contributed by atoms with Gasteiger partial charge in [0.1, 0.15) is 19.0 Å². The monoisotopic (exact) mass is 293 g/mol. The molecule has 2 rings (SSSR count). The van der Waals surface area contributed by atoms with Crippen LogP contribution < -0.4 is 9.47 Å². The summed E-state index contributed by atoms with van der Waals surface area (Å²) in [5.41, 5.74) is -0.112. The molecule has 1 N–H and O–H groups in total. The number of rotatable bonds is 6. The third-order valence-corrected chi connectivity index (χ3v) is 2.65.